The van der Waals surface area contributed by atoms with Crippen LogP contribution >= 0.6 is 22.6 Å². The summed E-state index contributed by atoms with van der Waals surface area (Å²) in [7, 11) is 0. The summed E-state index contributed by atoms with van der Waals surface area (Å²) in [5, 5.41) is 3.69. The van der Waals surface area contributed by atoms with Crippen molar-refractivity contribution >= 4 is 28.3 Å². The van der Waals surface area contributed by atoms with E-state index in [1.54, 1.807) is 0 Å². The molecule has 1 N–H and O–H groups in total. The summed E-state index contributed by atoms with van der Waals surface area (Å²) in [6.07, 6.45) is 2.52. The number of benzene rings is 1. The summed E-state index contributed by atoms with van der Waals surface area (Å²) in [6, 6.07) is 9.19. The van der Waals surface area contributed by atoms with E-state index in [1.165, 1.54) is 41.7 Å². The van der Waals surface area contributed by atoms with E-state index in [9.17, 15) is 0 Å². The van der Waals surface area contributed by atoms with Gasteiger partial charge in [-0.05, 0) is 53.5 Å². The normalized spacial score (nSPS) is 18.2. The van der Waals surface area contributed by atoms with Crippen molar-refractivity contribution in [3.05, 3.63) is 27.8 Å². The maximum absolute atomic E-state index is 3.69. The standard InChI is InChI=1S/C15H23IN2/c1-12(2)11-18-9-7-13(8-10-18)17-15-6-4-3-5-14(15)16/h3-6,12-13,17H,7-11H2,1-2H3. The number of halogens is 1. The Morgan fingerprint density at radius 1 is 1.28 bits per heavy atom. The smallest absolute Gasteiger partial charge is 0.0478 e. The van der Waals surface area contributed by atoms with Crippen LogP contribution in [0.3, 0.4) is 0 Å². The molecule has 18 heavy (non-hydrogen) atoms. The highest BCUT2D eigenvalue weighted by atomic mass is 127. The second-order valence-corrected chi connectivity index (χ2v) is 6.76. The first-order valence-corrected chi connectivity index (χ1v) is 7.96. The van der Waals surface area contributed by atoms with E-state index >= 15 is 0 Å². The van der Waals surface area contributed by atoms with Gasteiger partial charge in [0.05, 0.1) is 0 Å². The number of nitrogens with one attached hydrogen (secondary N) is 1. The van der Waals surface area contributed by atoms with Crippen LogP contribution in [0.15, 0.2) is 24.3 Å². The Labute approximate surface area is 124 Å². The number of piperidine rings is 1. The van der Waals surface area contributed by atoms with Crippen LogP contribution in [0.4, 0.5) is 5.69 Å². The number of rotatable bonds is 4. The number of hydrogen-bond donors (Lipinski definition) is 1. The highest BCUT2D eigenvalue weighted by Gasteiger charge is 2.19. The summed E-state index contributed by atoms with van der Waals surface area (Å²) in [6.45, 7) is 8.32. The summed E-state index contributed by atoms with van der Waals surface area (Å²) < 4.78 is 1.32. The molecule has 0 radical (unpaired) electrons. The van der Waals surface area contributed by atoms with Crippen LogP contribution in [0.25, 0.3) is 0 Å². The molecule has 1 aromatic rings. The molecule has 0 unspecified atom stereocenters. The fraction of sp³-hybridized carbons (Fsp3) is 0.600. The lowest BCUT2D eigenvalue weighted by Crippen LogP contribution is -2.40. The first-order valence-electron chi connectivity index (χ1n) is 6.88. The minimum atomic E-state index is 0.643. The minimum absolute atomic E-state index is 0.643. The van der Waals surface area contributed by atoms with Crippen molar-refractivity contribution < 1.29 is 0 Å². The van der Waals surface area contributed by atoms with E-state index in [2.05, 4.69) is 70.9 Å². The molecule has 0 aromatic heterocycles. The zero-order valence-corrected chi connectivity index (χ0v) is 13.5. The monoisotopic (exact) mass is 358 g/mol. The van der Waals surface area contributed by atoms with Gasteiger partial charge in [-0.1, -0.05) is 26.0 Å². The van der Waals surface area contributed by atoms with Crippen LogP contribution in [-0.2, 0) is 0 Å². The largest absolute Gasteiger partial charge is 0.381 e. The molecule has 0 aliphatic carbocycles. The lowest BCUT2D eigenvalue weighted by Gasteiger charge is -2.33. The second kappa shape index (κ2) is 6.75. The average molecular weight is 358 g/mol. The molecule has 1 fully saturated rings. The van der Waals surface area contributed by atoms with Crippen molar-refractivity contribution in [2.75, 3.05) is 25.0 Å². The molecule has 2 rings (SSSR count). The van der Waals surface area contributed by atoms with Crippen molar-refractivity contribution in [1.29, 1.82) is 0 Å². The zero-order chi connectivity index (χ0) is 13.0. The third-order valence-corrected chi connectivity index (χ3v) is 4.39. The maximum atomic E-state index is 3.69. The lowest BCUT2D eigenvalue weighted by molar-refractivity contribution is 0.198. The third kappa shape index (κ3) is 4.12. The molecular weight excluding hydrogens is 335 g/mol. The van der Waals surface area contributed by atoms with Crippen LogP contribution in [0.5, 0.6) is 0 Å². The highest BCUT2D eigenvalue weighted by Crippen LogP contribution is 2.21. The number of nitrogens with zero attached hydrogens (tertiary/aromatic N) is 1. The number of likely N-dealkylation sites (tertiary alicyclic amines) is 1. The molecule has 0 saturated carbocycles. The van der Waals surface area contributed by atoms with E-state index in [0.29, 0.717) is 6.04 Å². The molecule has 0 spiro atoms. The molecule has 100 valence electrons. The number of para-hydroxylation sites is 1. The van der Waals surface area contributed by atoms with Gasteiger partial charge in [0, 0.05) is 34.9 Å². The van der Waals surface area contributed by atoms with Gasteiger partial charge in [-0.3, -0.25) is 0 Å². The van der Waals surface area contributed by atoms with Crippen LogP contribution in [0.1, 0.15) is 26.7 Å². The van der Waals surface area contributed by atoms with Gasteiger partial charge in [-0.15, -0.1) is 0 Å². The highest BCUT2D eigenvalue weighted by molar-refractivity contribution is 14.1. The molecule has 0 bridgehead atoms. The quantitative estimate of drug-likeness (QED) is 0.824. The molecule has 3 heteroatoms. The van der Waals surface area contributed by atoms with Crippen molar-refractivity contribution in [2.24, 2.45) is 5.92 Å². The lowest BCUT2D eigenvalue weighted by atomic mass is 10.0. The molecule has 0 atom stereocenters. The minimum Gasteiger partial charge on any atom is -0.381 e. The molecule has 0 amide bonds. The molecule has 1 heterocycles. The van der Waals surface area contributed by atoms with Crippen molar-refractivity contribution in [3.8, 4) is 0 Å². The van der Waals surface area contributed by atoms with Crippen molar-refractivity contribution in [1.82, 2.24) is 4.90 Å². The van der Waals surface area contributed by atoms with E-state index < -0.39 is 0 Å². The molecule has 1 aliphatic heterocycles. The molecule has 1 aromatic carbocycles. The van der Waals surface area contributed by atoms with Gasteiger partial charge in [-0.25, -0.2) is 0 Å². The summed E-state index contributed by atoms with van der Waals surface area (Å²) >= 11 is 2.40. The summed E-state index contributed by atoms with van der Waals surface area (Å²) in [5.41, 5.74) is 1.29. The third-order valence-electron chi connectivity index (χ3n) is 3.44. The van der Waals surface area contributed by atoms with Crippen LogP contribution in [0, 0.1) is 9.49 Å². The van der Waals surface area contributed by atoms with E-state index in [-0.39, 0.29) is 0 Å². The summed E-state index contributed by atoms with van der Waals surface area (Å²) in [5.74, 6) is 0.782. The van der Waals surface area contributed by atoms with Gasteiger partial charge >= 0.3 is 0 Å². The van der Waals surface area contributed by atoms with Gasteiger partial charge in [0.15, 0.2) is 0 Å². The Morgan fingerprint density at radius 3 is 2.56 bits per heavy atom. The van der Waals surface area contributed by atoms with Gasteiger partial charge in [0.2, 0.25) is 0 Å². The molecule has 2 nitrogen and oxygen atoms in total. The van der Waals surface area contributed by atoms with Crippen LogP contribution < -0.4 is 5.32 Å². The zero-order valence-electron chi connectivity index (χ0n) is 11.3. The van der Waals surface area contributed by atoms with Crippen LogP contribution in [0.2, 0.25) is 0 Å². The van der Waals surface area contributed by atoms with Crippen molar-refractivity contribution in [2.45, 2.75) is 32.7 Å². The SMILES string of the molecule is CC(C)CN1CCC(Nc2ccccc2I)CC1. The Hall–Kier alpha value is -0.290. The average Bonchev–Trinajstić information content (AvgIpc) is 2.34. The van der Waals surface area contributed by atoms with Gasteiger partial charge in [0.25, 0.3) is 0 Å². The number of anilines is 1. The fourth-order valence-corrected chi connectivity index (χ4v) is 3.12. The van der Waals surface area contributed by atoms with Crippen LogP contribution in [-0.4, -0.2) is 30.6 Å². The van der Waals surface area contributed by atoms with Gasteiger partial charge in [-0.2, -0.15) is 0 Å². The second-order valence-electron chi connectivity index (χ2n) is 5.59. The first-order chi connectivity index (χ1) is 8.65. The Morgan fingerprint density at radius 2 is 1.94 bits per heavy atom. The first kappa shape index (κ1) is 14.1. The van der Waals surface area contributed by atoms with Gasteiger partial charge < -0.3 is 10.2 Å². The Bertz CT molecular complexity index is 371. The summed E-state index contributed by atoms with van der Waals surface area (Å²) in [4.78, 5) is 2.60. The van der Waals surface area contributed by atoms with Gasteiger partial charge in [0.1, 0.15) is 0 Å². The van der Waals surface area contributed by atoms with Crippen molar-refractivity contribution in [3.63, 3.8) is 0 Å². The predicted molar refractivity (Wildman–Crippen MR) is 87.1 cm³/mol. The molecule has 1 saturated heterocycles. The Balaban J connectivity index is 1.82. The van der Waals surface area contributed by atoms with E-state index in [1.807, 2.05) is 0 Å². The predicted octanol–water partition coefficient (Wildman–Crippen LogP) is 3.82. The molecule has 1 aliphatic rings. The van der Waals surface area contributed by atoms with E-state index in [0.717, 1.165) is 5.92 Å². The maximum Gasteiger partial charge on any atom is 0.0478 e. The Kier molecular flexibility index (Phi) is 5.30. The number of hydrogen-bond acceptors (Lipinski definition) is 2. The van der Waals surface area contributed by atoms with E-state index in [4.69, 9.17) is 0 Å². The molecular formula is C15H23IN2. The fourth-order valence-electron chi connectivity index (χ4n) is 2.57. The topological polar surface area (TPSA) is 15.3 Å².